The van der Waals surface area contributed by atoms with Crippen LogP contribution in [0.25, 0.3) is 0 Å². The molecule has 2 aromatic rings. The summed E-state index contributed by atoms with van der Waals surface area (Å²) in [7, 11) is 2.02. The van der Waals surface area contributed by atoms with Gasteiger partial charge in [-0.15, -0.1) is 0 Å². The normalized spacial score (nSPS) is 12.6. The predicted molar refractivity (Wildman–Crippen MR) is 79.4 cm³/mol. The zero-order valence-corrected chi connectivity index (χ0v) is 12.1. The van der Waals surface area contributed by atoms with Crippen LogP contribution in [0.3, 0.4) is 0 Å². The van der Waals surface area contributed by atoms with E-state index in [-0.39, 0.29) is 0 Å². The van der Waals surface area contributed by atoms with Crippen molar-refractivity contribution in [3.63, 3.8) is 0 Å². The molecule has 2 nitrogen and oxygen atoms in total. The highest BCUT2D eigenvalue weighted by atomic mass is 16.3. The van der Waals surface area contributed by atoms with Gasteiger partial charge in [0.15, 0.2) is 0 Å². The first-order valence-corrected chi connectivity index (χ1v) is 6.99. The minimum absolute atomic E-state index is 0.390. The summed E-state index contributed by atoms with van der Waals surface area (Å²) < 4.78 is 5.62. The molecule has 1 heterocycles. The van der Waals surface area contributed by atoms with Crippen LogP contribution in [0.2, 0.25) is 0 Å². The van der Waals surface area contributed by atoms with Crippen LogP contribution in [0.1, 0.15) is 41.5 Å². The lowest BCUT2D eigenvalue weighted by Gasteiger charge is -2.15. The fraction of sp³-hybridized carbons (Fsp3) is 0.412. The molecule has 1 aromatic heterocycles. The van der Waals surface area contributed by atoms with Gasteiger partial charge < -0.3 is 9.73 Å². The highest BCUT2D eigenvalue weighted by Gasteiger charge is 2.14. The standard InChI is InChI=1S/C17H23NO/c1-13-12-16(14(2)19-13)17(18-3)11-7-10-15-8-5-4-6-9-15/h4-6,8-9,12,17-18H,7,10-11H2,1-3H3. The molecule has 0 aliphatic rings. The zero-order valence-electron chi connectivity index (χ0n) is 12.1. The smallest absolute Gasteiger partial charge is 0.105 e. The largest absolute Gasteiger partial charge is 0.466 e. The molecule has 2 heteroatoms. The van der Waals surface area contributed by atoms with Crippen molar-refractivity contribution in [3.8, 4) is 0 Å². The third kappa shape index (κ3) is 3.71. The highest BCUT2D eigenvalue weighted by Crippen LogP contribution is 2.25. The van der Waals surface area contributed by atoms with Crippen molar-refractivity contribution in [2.24, 2.45) is 0 Å². The molecule has 1 aromatic carbocycles. The number of rotatable bonds is 6. The maximum atomic E-state index is 5.62. The van der Waals surface area contributed by atoms with E-state index in [1.54, 1.807) is 0 Å². The monoisotopic (exact) mass is 257 g/mol. The minimum atomic E-state index is 0.390. The van der Waals surface area contributed by atoms with Crippen molar-refractivity contribution in [3.05, 3.63) is 59.0 Å². The van der Waals surface area contributed by atoms with Gasteiger partial charge in [-0.3, -0.25) is 0 Å². The fourth-order valence-electron chi connectivity index (χ4n) is 2.61. The van der Waals surface area contributed by atoms with Gasteiger partial charge in [-0.25, -0.2) is 0 Å². The Labute approximate surface area is 115 Å². The lowest BCUT2D eigenvalue weighted by molar-refractivity contribution is 0.479. The van der Waals surface area contributed by atoms with Gasteiger partial charge in [-0.2, -0.15) is 0 Å². The molecule has 1 N–H and O–H groups in total. The zero-order chi connectivity index (χ0) is 13.7. The molecule has 0 fully saturated rings. The topological polar surface area (TPSA) is 25.2 Å². The van der Waals surface area contributed by atoms with E-state index >= 15 is 0 Å². The van der Waals surface area contributed by atoms with Crippen molar-refractivity contribution in [2.75, 3.05) is 7.05 Å². The summed E-state index contributed by atoms with van der Waals surface area (Å²) in [5, 5.41) is 3.40. The Kier molecular flexibility index (Phi) is 4.80. The number of nitrogens with one attached hydrogen (secondary N) is 1. The molecule has 19 heavy (non-hydrogen) atoms. The summed E-state index contributed by atoms with van der Waals surface area (Å²) in [5.41, 5.74) is 2.71. The maximum Gasteiger partial charge on any atom is 0.105 e. The lowest BCUT2D eigenvalue weighted by Crippen LogP contribution is -2.16. The Balaban J connectivity index is 1.91. The molecule has 102 valence electrons. The van der Waals surface area contributed by atoms with Gasteiger partial charge in [0.2, 0.25) is 0 Å². The van der Waals surface area contributed by atoms with Crippen molar-refractivity contribution >= 4 is 0 Å². The molecule has 0 aliphatic heterocycles. The maximum absolute atomic E-state index is 5.62. The molecule has 0 amide bonds. The first-order valence-electron chi connectivity index (χ1n) is 6.99. The second-order valence-electron chi connectivity index (χ2n) is 5.09. The van der Waals surface area contributed by atoms with Crippen molar-refractivity contribution in [1.29, 1.82) is 0 Å². The molecule has 0 saturated carbocycles. The summed E-state index contributed by atoms with van der Waals surface area (Å²) >= 11 is 0. The van der Waals surface area contributed by atoms with E-state index in [9.17, 15) is 0 Å². The van der Waals surface area contributed by atoms with Crippen LogP contribution in [0, 0.1) is 13.8 Å². The summed E-state index contributed by atoms with van der Waals surface area (Å²) in [4.78, 5) is 0. The van der Waals surface area contributed by atoms with E-state index in [2.05, 4.69) is 41.7 Å². The third-order valence-electron chi connectivity index (χ3n) is 3.60. The van der Waals surface area contributed by atoms with Crippen LogP contribution < -0.4 is 5.32 Å². The summed E-state index contributed by atoms with van der Waals surface area (Å²) in [6, 6.07) is 13.2. The van der Waals surface area contributed by atoms with E-state index in [0.717, 1.165) is 24.4 Å². The number of benzene rings is 1. The van der Waals surface area contributed by atoms with Gasteiger partial charge in [0.1, 0.15) is 11.5 Å². The molecule has 0 bridgehead atoms. The fourth-order valence-corrected chi connectivity index (χ4v) is 2.61. The average Bonchev–Trinajstić information content (AvgIpc) is 2.75. The van der Waals surface area contributed by atoms with Crippen molar-refractivity contribution < 1.29 is 4.42 Å². The second-order valence-corrected chi connectivity index (χ2v) is 5.09. The summed E-state index contributed by atoms with van der Waals surface area (Å²) in [5.74, 6) is 2.03. The number of hydrogen-bond donors (Lipinski definition) is 1. The Morgan fingerprint density at radius 2 is 1.89 bits per heavy atom. The van der Waals surface area contributed by atoms with Crippen molar-refractivity contribution in [1.82, 2.24) is 5.32 Å². The molecule has 0 spiro atoms. The Morgan fingerprint density at radius 3 is 2.47 bits per heavy atom. The van der Waals surface area contributed by atoms with E-state index in [4.69, 9.17) is 4.42 Å². The Hall–Kier alpha value is -1.54. The third-order valence-corrected chi connectivity index (χ3v) is 3.60. The number of furan rings is 1. The molecule has 2 rings (SSSR count). The SMILES string of the molecule is CNC(CCCc1ccccc1)c1cc(C)oc1C. The number of hydrogen-bond acceptors (Lipinski definition) is 2. The summed E-state index contributed by atoms with van der Waals surface area (Å²) in [6.07, 6.45) is 3.44. The van der Waals surface area contributed by atoms with E-state index in [0.29, 0.717) is 6.04 Å². The molecule has 0 aliphatic carbocycles. The van der Waals surface area contributed by atoms with Gasteiger partial charge in [0.05, 0.1) is 0 Å². The van der Waals surface area contributed by atoms with Gasteiger partial charge in [-0.1, -0.05) is 30.3 Å². The van der Waals surface area contributed by atoms with Crippen molar-refractivity contribution in [2.45, 2.75) is 39.2 Å². The predicted octanol–water partition coefficient (Wildman–Crippen LogP) is 4.18. The van der Waals surface area contributed by atoms with Gasteiger partial charge >= 0.3 is 0 Å². The van der Waals surface area contributed by atoms with Crippen LogP contribution in [0.15, 0.2) is 40.8 Å². The highest BCUT2D eigenvalue weighted by molar-refractivity contribution is 5.24. The van der Waals surface area contributed by atoms with Gasteiger partial charge in [-0.05, 0) is 51.8 Å². The van der Waals surface area contributed by atoms with Crippen LogP contribution >= 0.6 is 0 Å². The molecule has 1 atom stereocenters. The van der Waals surface area contributed by atoms with Crippen LogP contribution in [-0.2, 0) is 6.42 Å². The first kappa shape index (κ1) is 13.9. The average molecular weight is 257 g/mol. The van der Waals surface area contributed by atoms with E-state index in [1.165, 1.54) is 17.5 Å². The molecular formula is C17H23NO. The molecule has 1 unspecified atom stereocenters. The summed E-state index contributed by atoms with van der Waals surface area (Å²) in [6.45, 7) is 4.05. The quantitative estimate of drug-likeness (QED) is 0.839. The van der Waals surface area contributed by atoms with Gasteiger partial charge in [0.25, 0.3) is 0 Å². The number of aryl methyl sites for hydroxylation is 3. The van der Waals surface area contributed by atoms with Crippen LogP contribution in [0.4, 0.5) is 0 Å². The van der Waals surface area contributed by atoms with E-state index < -0.39 is 0 Å². The van der Waals surface area contributed by atoms with Crippen LogP contribution in [0.5, 0.6) is 0 Å². The first-order chi connectivity index (χ1) is 9.20. The molecule has 0 saturated heterocycles. The molecule has 0 radical (unpaired) electrons. The van der Waals surface area contributed by atoms with E-state index in [1.807, 2.05) is 20.9 Å². The Morgan fingerprint density at radius 1 is 1.16 bits per heavy atom. The minimum Gasteiger partial charge on any atom is -0.466 e. The van der Waals surface area contributed by atoms with Crippen LogP contribution in [-0.4, -0.2) is 7.05 Å². The van der Waals surface area contributed by atoms with Gasteiger partial charge in [0, 0.05) is 11.6 Å². The lowest BCUT2D eigenvalue weighted by atomic mass is 9.99. The molecular weight excluding hydrogens is 234 g/mol. The second kappa shape index (κ2) is 6.58. The Bertz CT molecular complexity index is 501.